The highest BCUT2D eigenvalue weighted by molar-refractivity contribution is 8.00. The number of ether oxygens (including phenoxy) is 1. The predicted octanol–water partition coefficient (Wildman–Crippen LogP) is 3.27. The van der Waals surface area contributed by atoms with E-state index in [-0.39, 0.29) is 22.7 Å². The molecule has 1 aliphatic heterocycles. The summed E-state index contributed by atoms with van der Waals surface area (Å²) in [6.45, 7) is 4.16. The van der Waals surface area contributed by atoms with E-state index in [0.29, 0.717) is 31.1 Å². The van der Waals surface area contributed by atoms with Crippen molar-refractivity contribution in [2.24, 2.45) is 0 Å². The molecule has 1 saturated heterocycles. The monoisotopic (exact) mass is 535 g/mol. The van der Waals surface area contributed by atoms with Crippen LogP contribution in [0.3, 0.4) is 0 Å². The number of carbonyl (C=O) groups excluding carboxylic acids is 1. The average molecular weight is 536 g/mol. The van der Waals surface area contributed by atoms with Crippen molar-refractivity contribution in [2.45, 2.75) is 36.6 Å². The molecule has 0 aromatic heterocycles. The van der Waals surface area contributed by atoms with E-state index >= 15 is 0 Å². The van der Waals surface area contributed by atoms with Gasteiger partial charge in [0.05, 0.1) is 18.0 Å². The number of terminal acetylenes is 1. The molecule has 0 saturated carbocycles. The molecule has 0 spiro atoms. The smallest absolute Gasteiger partial charge is 0.250 e. The second-order valence-corrected chi connectivity index (χ2v) is 11.4. The number of sulfonamides is 1. The molecule has 2 aromatic carbocycles. The summed E-state index contributed by atoms with van der Waals surface area (Å²) >= 11 is 7.85. The van der Waals surface area contributed by atoms with Gasteiger partial charge in [0.15, 0.2) is 0 Å². The van der Waals surface area contributed by atoms with Crippen LogP contribution in [0.25, 0.3) is 0 Å². The Morgan fingerprint density at radius 2 is 2.09 bits per heavy atom. The summed E-state index contributed by atoms with van der Waals surface area (Å²) in [7, 11) is -3.65. The molecule has 1 atom stereocenters. The van der Waals surface area contributed by atoms with Crippen molar-refractivity contribution in [2.75, 3.05) is 32.0 Å². The van der Waals surface area contributed by atoms with Crippen molar-refractivity contribution in [3.05, 3.63) is 58.6 Å². The minimum Gasteiger partial charge on any atom is -0.493 e. The van der Waals surface area contributed by atoms with Gasteiger partial charge < -0.3 is 9.64 Å². The molecule has 1 heterocycles. The van der Waals surface area contributed by atoms with Crippen LogP contribution in [0.5, 0.6) is 5.75 Å². The van der Waals surface area contributed by atoms with E-state index in [1.807, 2.05) is 19.1 Å². The molecule has 188 valence electrons. The third kappa shape index (κ3) is 7.89. The molecule has 1 fully saturated rings. The molecule has 2 N–H and O–H groups in total. The number of halogens is 1. The molecule has 0 aliphatic carbocycles. The normalized spacial score (nSPS) is 15.5. The largest absolute Gasteiger partial charge is 0.493 e. The lowest BCUT2D eigenvalue weighted by atomic mass is 10.1. The standard InChI is InChI=1S/C25H30ClN3O4S2/c1-3-12-28-35(31,32)22-8-5-19(6-9-22)11-14-29(25(30)24-27-13-16-34-24)18-20-17-21(26)7-10-23(20)33-15-4-2/h1,5-10,17,24,27-28H,4,11-16,18H2,2H3/t24-/m0/s1. The SMILES string of the molecule is C#CCNS(=O)(=O)c1ccc(CCN(Cc2cc(Cl)ccc2OCCC)C(=O)[C@H]2NCCS2)cc1. The van der Waals surface area contributed by atoms with Gasteiger partial charge in [-0.3, -0.25) is 10.1 Å². The Balaban J connectivity index is 1.76. The molecule has 0 unspecified atom stereocenters. The van der Waals surface area contributed by atoms with E-state index in [2.05, 4.69) is 16.0 Å². The van der Waals surface area contributed by atoms with E-state index in [1.54, 1.807) is 47.0 Å². The van der Waals surface area contributed by atoms with Gasteiger partial charge in [-0.2, -0.15) is 4.72 Å². The summed E-state index contributed by atoms with van der Waals surface area (Å²) < 4.78 is 32.7. The Morgan fingerprint density at radius 1 is 1.31 bits per heavy atom. The molecule has 3 rings (SSSR count). The second-order valence-electron chi connectivity index (χ2n) is 7.99. The van der Waals surface area contributed by atoms with Gasteiger partial charge in [0.1, 0.15) is 11.1 Å². The highest BCUT2D eigenvalue weighted by Crippen LogP contribution is 2.26. The van der Waals surface area contributed by atoms with Crippen LogP contribution in [0.2, 0.25) is 5.02 Å². The Labute approximate surface area is 217 Å². The fourth-order valence-corrected chi connectivity index (χ4v) is 5.69. The van der Waals surface area contributed by atoms with E-state index in [1.165, 1.54) is 0 Å². The number of thioether (sulfide) groups is 1. The van der Waals surface area contributed by atoms with Crippen LogP contribution in [0.4, 0.5) is 0 Å². The quantitative estimate of drug-likeness (QED) is 0.406. The number of amides is 1. The topological polar surface area (TPSA) is 87.7 Å². The summed E-state index contributed by atoms with van der Waals surface area (Å²) in [5.41, 5.74) is 1.77. The molecule has 1 aliphatic rings. The van der Waals surface area contributed by atoms with Crippen LogP contribution in [0, 0.1) is 12.3 Å². The van der Waals surface area contributed by atoms with Crippen molar-refractivity contribution >= 4 is 39.3 Å². The number of hydrogen-bond acceptors (Lipinski definition) is 6. The molecule has 2 aromatic rings. The van der Waals surface area contributed by atoms with Crippen molar-refractivity contribution in [1.82, 2.24) is 14.9 Å². The zero-order chi connectivity index (χ0) is 25.3. The summed E-state index contributed by atoms with van der Waals surface area (Å²) in [6.07, 6.45) is 6.58. The van der Waals surface area contributed by atoms with E-state index < -0.39 is 10.0 Å². The average Bonchev–Trinajstić information content (AvgIpc) is 3.40. The molecule has 10 heteroatoms. The summed E-state index contributed by atoms with van der Waals surface area (Å²) in [6, 6.07) is 12.1. The fourth-order valence-electron chi connectivity index (χ4n) is 3.57. The van der Waals surface area contributed by atoms with Gasteiger partial charge in [0, 0.05) is 36.0 Å². The maximum Gasteiger partial charge on any atom is 0.250 e. The third-order valence-corrected chi connectivity index (χ3v) is 8.16. The van der Waals surface area contributed by atoms with E-state index in [4.69, 9.17) is 22.8 Å². The van der Waals surface area contributed by atoms with Crippen molar-refractivity contribution in [3.63, 3.8) is 0 Å². The number of benzene rings is 2. The second kappa shape index (κ2) is 13.2. The van der Waals surface area contributed by atoms with Gasteiger partial charge in [-0.25, -0.2) is 8.42 Å². The van der Waals surface area contributed by atoms with Crippen molar-refractivity contribution < 1.29 is 17.9 Å². The maximum atomic E-state index is 13.3. The first-order chi connectivity index (χ1) is 16.8. The van der Waals surface area contributed by atoms with Gasteiger partial charge in [-0.1, -0.05) is 36.6 Å². The summed E-state index contributed by atoms with van der Waals surface area (Å²) in [5, 5.41) is 3.54. The molecular formula is C25H30ClN3O4S2. The van der Waals surface area contributed by atoms with E-state index in [0.717, 1.165) is 35.6 Å². The van der Waals surface area contributed by atoms with Crippen molar-refractivity contribution in [3.8, 4) is 18.1 Å². The van der Waals surface area contributed by atoms with E-state index in [9.17, 15) is 13.2 Å². The molecule has 7 nitrogen and oxygen atoms in total. The minimum atomic E-state index is -3.65. The highest BCUT2D eigenvalue weighted by atomic mass is 35.5. The van der Waals surface area contributed by atoms with Gasteiger partial charge in [0.25, 0.3) is 0 Å². The van der Waals surface area contributed by atoms with Crippen LogP contribution in [0.1, 0.15) is 24.5 Å². The van der Waals surface area contributed by atoms with Gasteiger partial charge in [-0.15, -0.1) is 18.2 Å². The Hall–Kier alpha value is -2.22. The predicted molar refractivity (Wildman–Crippen MR) is 141 cm³/mol. The number of nitrogens with one attached hydrogen (secondary N) is 2. The number of hydrogen-bond donors (Lipinski definition) is 2. The zero-order valence-electron chi connectivity index (χ0n) is 19.6. The molecule has 0 radical (unpaired) electrons. The number of nitrogens with zero attached hydrogens (tertiary/aromatic N) is 1. The molecule has 0 bridgehead atoms. The van der Waals surface area contributed by atoms with Crippen LogP contribution < -0.4 is 14.8 Å². The Morgan fingerprint density at radius 3 is 2.74 bits per heavy atom. The summed E-state index contributed by atoms with van der Waals surface area (Å²) in [5.74, 6) is 3.87. The minimum absolute atomic E-state index is 0.00611. The maximum absolute atomic E-state index is 13.3. The van der Waals surface area contributed by atoms with Crippen LogP contribution in [-0.2, 0) is 27.8 Å². The number of carbonyl (C=O) groups is 1. The summed E-state index contributed by atoms with van der Waals surface area (Å²) in [4.78, 5) is 15.3. The molecule has 35 heavy (non-hydrogen) atoms. The first-order valence-electron chi connectivity index (χ1n) is 11.4. The zero-order valence-corrected chi connectivity index (χ0v) is 22.0. The van der Waals surface area contributed by atoms with Crippen LogP contribution in [0.15, 0.2) is 47.4 Å². The lowest BCUT2D eigenvalue weighted by Gasteiger charge is -2.26. The molecular weight excluding hydrogens is 506 g/mol. The highest BCUT2D eigenvalue weighted by Gasteiger charge is 2.28. The van der Waals surface area contributed by atoms with Crippen LogP contribution >= 0.6 is 23.4 Å². The first kappa shape index (κ1) is 27.4. The molecule has 1 amide bonds. The third-order valence-electron chi connectivity index (χ3n) is 5.37. The van der Waals surface area contributed by atoms with Gasteiger partial charge >= 0.3 is 0 Å². The first-order valence-corrected chi connectivity index (χ1v) is 14.3. The lowest BCUT2D eigenvalue weighted by molar-refractivity contribution is -0.131. The number of rotatable bonds is 12. The lowest BCUT2D eigenvalue weighted by Crippen LogP contribution is -2.43. The van der Waals surface area contributed by atoms with Gasteiger partial charge in [-0.05, 0) is 48.7 Å². The Kier molecular flexibility index (Phi) is 10.3. The van der Waals surface area contributed by atoms with Crippen LogP contribution in [-0.4, -0.2) is 56.6 Å². The Bertz CT molecular complexity index is 1140. The fraction of sp³-hybridized carbons (Fsp3) is 0.400. The van der Waals surface area contributed by atoms with Crippen molar-refractivity contribution in [1.29, 1.82) is 0 Å². The van der Waals surface area contributed by atoms with Gasteiger partial charge in [0.2, 0.25) is 15.9 Å².